The molecular formula is C10H16O6. The molecule has 2 unspecified atom stereocenters. The van der Waals surface area contributed by atoms with Crippen LogP contribution in [0.25, 0.3) is 0 Å². The van der Waals surface area contributed by atoms with E-state index in [0.717, 1.165) is 14.0 Å². The summed E-state index contributed by atoms with van der Waals surface area (Å²) in [6, 6.07) is 0. The summed E-state index contributed by atoms with van der Waals surface area (Å²) >= 11 is 0. The third-order valence-corrected chi connectivity index (χ3v) is 2.33. The number of ether oxygens (including phenoxy) is 3. The fraction of sp³-hybridized carbons (Fsp3) is 0.700. The molecule has 0 rings (SSSR count). The summed E-state index contributed by atoms with van der Waals surface area (Å²) in [5.74, 6) is -3.09. The molecule has 0 aromatic heterocycles. The van der Waals surface area contributed by atoms with Gasteiger partial charge in [0.25, 0.3) is 0 Å². The molecule has 0 aromatic carbocycles. The van der Waals surface area contributed by atoms with E-state index in [-0.39, 0.29) is 0 Å². The second kappa shape index (κ2) is 5.48. The molecule has 0 radical (unpaired) electrons. The Balaban J connectivity index is 5.13. The van der Waals surface area contributed by atoms with Gasteiger partial charge < -0.3 is 14.2 Å². The Bertz CT molecular complexity index is 298. The van der Waals surface area contributed by atoms with Crippen LogP contribution in [0.2, 0.25) is 0 Å². The number of hydrogen-bond acceptors (Lipinski definition) is 6. The normalized spacial score (nSPS) is 15.6. The molecule has 0 spiro atoms. The van der Waals surface area contributed by atoms with Crippen molar-refractivity contribution in [3.63, 3.8) is 0 Å². The van der Waals surface area contributed by atoms with Crippen LogP contribution in [0.4, 0.5) is 0 Å². The molecule has 0 heterocycles. The SMILES string of the molecule is COC(=O)C(C)C(C)(OC(C)=O)C(=O)OC. The minimum absolute atomic E-state index is 0.658. The second-order valence-corrected chi connectivity index (χ2v) is 3.44. The molecule has 6 nitrogen and oxygen atoms in total. The highest BCUT2D eigenvalue weighted by molar-refractivity contribution is 5.89. The van der Waals surface area contributed by atoms with Gasteiger partial charge in [0.05, 0.1) is 14.2 Å². The lowest BCUT2D eigenvalue weighted by Crippen LogP contribution is -2.49. The first kappa shape index (κ1) is 14.4. The highest BCUT2D eigenvalue weighted by atomic mass is 16.6. The van der Waals surface area contributed by atoms with Crippen molar-refractivity contribution < 1.29 is 28.6 Å². The second-order valence-electron chi connectivity index (χ2n) is 3.44. The number of hydrogen-bond donors (Lipinski definition) is 0. The van der Waals surface area contributed by atoms with E-state index >= 15 is 0 Å². The van der Waals surface area contributed by atoms with Gasteiger partial charge in [-0.25, -0.2) is 4.79 Å². The van der Waals surface area contributed by atoms with Crippen LogP contribution in [0.1, 0.15) is 20.8 Å². The summed E-state index contributed by atoms with van der Waals surface area (Å²) < 4.78 is 13.9. The quantitative estimate of drug-likeness (QED) is 0.512. The van der Waals surface area contributed by atoms with E-state index < -0.39 is 29.4 Å². The molecule has 0 saturated heterocycles. The average Bonchev–Trinajstić information content (AvgIpc) is 2.24. The Morgan fingerprint density at radius 3 is 1.94 bits per heavy atom. The molecule has 0 fully saturated rings. The van der Waals surface area contributed by atoms with Crippen molar-refractivity contribution in [2.24, 2.45) is 5.92 Å². The highest BCUT2D eigenvalue weighted by Crippen LogP contribution is 2.24. The minimum Gasteiger partial charge on any atom is -0.469 e. The molecule has 0 amide bonds. The maximum atomic E-state index is 11.5. The molecule has 0 aliphatic rings. The van der Waals surface area contributed by atoms with Gasteiger partial charge in [0, 0.05) is 6.92 Å². The first-order valence-electron chi connectivity index (χ1n) is 4.65. The zero-order valence-electron chi connectivity index (χ0n) is 10.0. The lowest BCUT2D eigenvalue weighted by atomic mass is 9.90. The standard InChI is InChI=1S/C10H16O6/c1-6(8(12)14-4)10(3,9(13)15-5)16-7(2)11/h6H,1-5H3. The summed E-state index contributed by atoms with van der Waals surface area (Å²) in [6.07, 6.45) is 0. The predicted octanol–water partition coefficient (Wildman–Crippen LogP) is 0.290. The van der Waals surface area contributed by atoms with Crippen LogP contribution in [-0.4, -0.2) is 37.7 Å². The molecule has 0 aliphatic heterocycles. The number of esters is 3. The van der Waals surface area contributed by atoms with Gasteiger partial charge in [-0.05, 0) is 13.8 Å². The van der Waals surface area contributed by atoms with Crippen LogP contribution in [0.5, 0.6) is 0 Å². The largest absolute Gasteiger partial charge is 0.469 e. The molecular weight excluding hydrogens is 216 g/mol. The van der Waals surface area contributed by atoms with Crippen molar-refractivity contribution in [3.05, 3.63) is 0 Å². The molecule has 2 atom stereocenters. The molecule has 6 heteroatoms. The number of carbonyl (C=O) groups excluding carboxylic acids is 3. The fourth-order valence-corrected chi connectivity index (χ4v) is 1.21. The van der Waals surface area contributed by atoms with Gasteiger partial charge in [0.1, 0.15) is 5.92 Å². The van der Waals surface area contributed by atoms with Crippen LogP contribution in [0, 0.1) is 5.92 Å². The van der Waals surface area contributed by atoms with E-state index in [4.69, 9.17) is 4.74 Å². The van der Waals surface area contributed by atoms with Crippen molar-refractivity contribution in [3.8, 4) is 0 Å². The maximum absolute atomic E-state index is 11.5. The Morgan fingerprint density at radius 2 is 1.62 bits per heavy atom. The van der Waals surface area contributed by atoms with E-state index in [2.05, 4.69) is 9.47 Å². The summed E-state index contributed by atoms with van der Waals surface area (Å²) in [7, 11) is 2.33. The molecule has 16 heavy (non-hydrogen) atoms. The molecule has 0 N–H and O–H groups in total. The van der Waals surface area contributed by atoms with Gasteiger partial charge in [-0.3, -0.25) is 9.59 Å². The van der Waals surface area contributed by atoms with Crippen molar-refractivity contribution in [1.82, 2.24) is 0 Å². The Labute approximate surface area is 93.8 Å². The van der Waals surface area contributed by atoms with Gasteiger partial charge in [-0.2, -0.15) is 0 Å². The summed E-state index contributed by atoms with van der Waals surface area (Å²) in [5.41, 5.74) is -1.67. The smallest absolute Gasteiger partial charge is 0.350 e. The molecule has 0 aromatic rings. The topological polar surface area (TPSA) is 78.9 Å². The van der Waals surface area contributed by atoms with Gasteiger partial charge in [-0.1, -0.05) is 0 Å². The van der Waals surface area contributed by atoms with Gasteiger partial charge >= 0.3 is 17.9 Å². The van der Waals surface area contributed by atoms with Gasteiger partial charge in [0.15, 0.2) is 0 Å². The third-order valence-electron chi connectivity index (χ3n) is 2.33. The number of rotatable bonds is 4. The number of methoxy groups -OCH3 is 2. The Hall–Kier alpha value is -1.59. The van der Waals surface area contributed by atoms with Crippen LogP contribution >= 0.6 is 0 Å². The van der Waals surface area contributed by atoms with Crippen molar-refractivity contribution in [2.75, 3.05) is 14.2 Å². The average molecular weight is 232 g/mol. The minimum atomic E-state index is -1.67. The van der Waals surface area contributed by atoms with E-state index in [1.165, 1.54) is 21.0 Å². The first-order valence-corrected chi connectivity index (χ1v) is 4.65. The van der Waals surface area contributed by atoms with Crippen LogP contribution in [0.3, 0.4) is 0 Å². The maximum Gasteiger partial charge on any atom is 0.350 e. The Morgan fingerprint density at radius 1 is 1.12 bits per heavy atom. The summed E-state index contributed by atoms with van der Waals surface area (Å²) in [6.45, 7) is 3.87. The zero-order chi connectivity index (χ0) is 12.9. The van der Waals surface area contributed by atoms with Crippen molar-refractivity contribution >= 4 is 17.9 Å². The van der Waals surface area contributed by atoms with E-state index in [1.54, 1.807) is 0 Å². The van der Waals surface area contributed by atoms with E-state index in [0.29, 0.717) is 0 Å². The Kier molecular flexibility index (Phi) is 4.94. The first-order chi connectivity index (χ1) is 7.29. The van der Waals surface area contributed by atoms with Gasteiger partial charge in [-0.15, -0.1) is 0 Å². The molecule has 0 aliphatic carbocycles. The van der Waals surface area contributed by atoms with Crippen LogP contribution in [0.15, 0.2) is 0 Å². The molecule has 92 valence electrons. The monoisotopic (exact) mass is 232 g/mol. The fourth-order valence-electron chi connectivity index (χ4n) is 1.21. The third kappa shape index (κ3) is 2.95. The lowest BCUT2D eigenvalue weighted by Gasteiger charge is -2.30. The van der Waals surface area contributed by atoms with Crippen molar-refractivity contribution in [2.45, 2.75) is 26.4 Å². The summed E-state index contributed by atoms with van der Waals surface area (Å²) in [5, 5.41) is 0. The predicted molar refractivity (Wildman–Crippen MR) is 53.4 cm³/mol. The zero-order valence-corrected chi connectivity index (χ0v) is 10.0. The molecule has 0 bridgehead atoms. The van der Waals surface area contributed by atoms with Gasteiger partial charge in [0.2, 0.25) is 5.60 Å². The van der Waals surface area contributed by atoms with Crippen LogP contribution < -0.4 is 0 Å². The highest BCUT2D eigenvalue weighted by Gasteiger charge is 2.47. The van der Waals surface area contributed by atoms with E-state index in [1.807, 2.05) is 0 Å². The van der Waals surface area contributed by atoms with Crippen molar-refractivity contribution in [1.29, 1.82) is 0 Å². The number of carbonyl (C=O) groups is 3. The lowest BCUT2D eigenvalue weighted by molar-refractivity contribution is -0.188. The van der Waals surface area contributed by atoms with Crippen LogP contribution in [-0.2, 0) is 28.6 Å². The molecule has 0 saturated carbocycles. The summed E-state index contributed by atoms with van der Waals surface area (Å²) in [4.78, 5) is 33.8. The van der Waals surface area contributed by atoms with E-state index in [9.17, 15) is 14.4 Å².